The van der Waals surface area contributed by atoms with Gasteiger partial charge in [-0.15, -0.1) is 0 Å². The van der Waals surface area contributed by atoms with Crippen LogP contribution in [-0.4, -0.2) is 25.1 Å². The first kappa shape index (κ1) is 19.3. The molecule has 138 valence electrons. The summed E-state index contributed by atoms with van der Waals surface area (Å²) in [5.74, 6) is 0.566. The number of urea groups is 1. The number of rotatable bonds is 6. The first-order chi connectivity index (χ1) is 12.3. The zero-order valence-electron chi connectivity index (χ0n) is 15.3. The van der Waals surface area contributed by atoms with Crippen molar-refractivity contribution < 1.29 is 14.3 Å². The first-order valence-corrected chi connectivity index (χ1v) is 8.44. The maximum atomic E-state index is 12.1. The summed E-state index contributed by atoms with van der Waals surface area (Å²) in [5.41, 5.74) is 7.42. The summed E-state index contributed by atoms with van der Waals surface area (Å²) >= 11 is 0. The van der Waals surface area contributed by atoms with Gasteiger partial charge < -0.3 is 21.1 Å². The molecular formula is C20H25N3O3. The van der Waals surface area contributed by atoms with Crippen molar-refractivity contribution in [3.8, 4) is 5.75 Å². The van der Waals surface area contributed by atoms with E-state index in [2.05, 4.69) is 43.5 Å². The number of nitrogens with two attached hydrogens (primary N) is 1. The van der Waals surface area contributed by atoms with E-state index in [1.54, 1.807) is 24.3 Å². The molecule has 6 heteroatoms. The molecule has 0 atom stereocenters. The van der Waals surface area contributed by atoms with E-state index in [-0.39, 0.29) is 11.3 Å². The molecule has 0 aromatic heterocycles. The molecule has 0 fully saturated rings. The molecule has 0 unspecified atom stereocenters. The van der Waals surface area contributed by atoms with E-state index >= 15 is 0 Å². The molecule has 2 aromatic carbocycles. The summed E-state index contributed by atoms with van der Waals surface area (Å²) in [6.07, 6.45) is 0. The van der Waals surface area contributed by atoms with Gasteiger partial charge in [0.15, 0.2) is 0 Å². The highest BCUT2D eigenvalue weighted by atomic mass is 16.5. The highest BCUT2D eigenvalue weighted by molar-refractivity contribution is 5.95. The Morgan fingerprint density at radius 3 is 2.15 bits per heavy atom. The minimum absolute atomic E-state index is 0.106. The lowest BCUT2D eigenvalue weighted by Crippen LogP contribution is -2.28. The van der Waals surface area contributed by atoms with E-state index in [9.17, 15) is 9.59 Å². The molecule has 0 heterocycles. The van der Waals surface area contributed by atoms with Crippen molar-refractivity contribution >= 4 is 17.6 Å². The van der Waals surface area contributed by atoms with Gasteiger partial charge in [0.05, 0.1) is 6.54 Å². The van der Waals surface area contributed by atoms with Crippen molar-refractivity contribution in [1.82, 2.24) is 5.32 Å². The fraction of sp³-hybridized carbons (Fsp3) is 0.300. The van der Waals surface area contributed by atoms with E-state index < -0.39 is 6.03 Å². The lowest BCUT2D eigenvalue weighted by molar-refractivity contribution is 0.0947. The summed E-state index contributed by atoms with van der Waals surface area (Å²) in [6.45, 7) is 7.25. The molecule has 3 amide bonds. The van der Waals surface area contributed by atoms with Gasteiger partial charge in [-0.3, -0.25) is 4.79 Å². The van der Waals surface area contributed by atoms with Gasteiger partial charge in [0.1, 0.15) is 12.4 Å². The maximum Gasteiger partial charge on any atom is 0.316 e. The fourth-order valence-corrected chi connectivity index (χ4v) is 2.33. The molecule has 0 radical (unpaired) electrons. The van der Waals surface area contributed by atoms with Crippen LogP contribution in [0.5, 0.6) is 5.75 Å². The molecule has 0 saturated heterocycles. The summed E-state index contributed by atoms with van der Waals surface area (Å²) in [7, 11) is 0. The van der Waals surface area contributed by atoms with Crippen molar-refractivity contribution in [2.75, 3.05) is 18.5 Å². The molecule has 26 heavy (non-hydrogen) atoms. The Labute approximate surface area is 153 Å². The Kier molecular flexibility index (Phi) is 6.22. The Morgan fingerprint density at radius 1 is 1.00 bits per heavy atom. The quantitative estimate of drug-likeness (QED) is 0.694. The average Bonchev–Trinajstić information content (AvgIpc) is 2.58. The van der Waals surface area contributed by atoms with Crippen LogP contribution >= 0.6 is 0 Å². The largest absolute Gasteiger partial charge is 0.492 e. The van der Waals surface area contributed by atoms with Gasteiger partial charge in [0.2, 0.25) is 0 Å². The highest BCUT2D eigenvalue weighted by Gasteiger charge is 2.13. The third-order valence-corrected chi connectivity index (χ3v) is 3.79. The highest BCUT2D eigenvalue weighted by Crippen LogP contribution is 2.24. The topological polar surface area (TPSA) is 93.4 Å². The van der Waals surface area contributed by atoms with Crippen LogP contribution in [0.15, 0.2) is 48.5 Å². The molecule has 4 N–H and O–H groups in total. The summed E-state index contributed by atoms with van der Waals surface area (Å²) in [6, 6.07) is 13.8. The number of carbonyl (C=O) groups excluding carboxylic acids is 2. The summed E-state index contributed by atoms with van der Waals surface area (Å²) in [4.78, 5) is 22.8. The number of benzene rings is 2. The van der Waals surface area contributed by atoms with Crippen molar-refractivity contribution in [2.45, 2.75) is 26.2 Å². The SMILES string of the molecule is CC(C)(C)c1ccc(OCCNC(=O)c2ccc(NC(N)=O)cc2)cc1. The lowest BCUT2D eigenvalue weighted by atomic mass is 9.87. The van der Waals surface area contributed by atoms with E-state index in [1.165, 1.54) is 5.56 Å². The van der Waals surface area contributed by atoms with Crippen molar-refractivity contribution in [3.63, 3.8) is 0 Å². The molecule has 2 rings (SSSR count). The molecule has 2 aromatic rings. The van der Waals surface area contributed by atoms with Crippen LogP contribution in [0.25, 0.3) is 0 Å². The number of nitrogens with one attached hydrogen (secondary N) is 2. The van der Waals surface area contributed by atoms with Gasteiger partial charge in [0.25, 0.3) is 5.91 Å². The Hall–Kier alpha value is -3.02. The molecule has 0 aliphatic rings. The van der Waals surface area contributed by atoms with Crippen LogP contribution in [0.3, 0.4) is 0 Å². The predicted molar refractivity (Wildman–Crippen MR) is 103 cm³/mol. The second-order valence-electron chi connectivity index (χ2n) is 6.95. The number of anilines is 1. The Bertz CT molecular complexity index is 747. The van der Waals surface area contributed by atoms with Gasteiger partial charge in [-0.2, -0.15) is 0 Å². The number of amides is 3. The zero-order valence-corrected chi connectivity index (χ0v) is 15.3. The van der Waals surface area contributed by atoms with Crippen LogP contribution in [-0.2, 0) is 5.41 Å². The van der Waals surface area contributed by atoms with Gasteiger partial charge >= 0.3 is 6.03 Å². The molecule has 0 saturated carbocycles. The lowest BCUT2D eigenvalue weighted by Gasteiger charge is -2.19. The Morgan fingerprint density at radius 2 is 1.62 bits per heavy atom. The standard InChI is InChI=1S/C20H25N3O3/c1-20(2,3)15-6-10-17(11-7-15)26-13-12-22-18(24)14-4-8-16(9-5-14)23-19(21)25/h4-11H,12-13H2,1-3H3,(H,22,24)(H3,21,23,25). The molecule has 0 aliphatic heterocycles. The fourth-order valence-electron chi connectivity index (χ4n) is 2.33. The minimum Gasteiger partial charge on any atom is -0.492 e. The molecular weight excluding hydrogens is 330 g/mol. The van der Waals surface area contributed by atoms with E-state index in [4.69, 9.17) is 10.5 Å². The molecule has 0 spiro atoms. The average molecular weight is 355 g/mol. The minimum atomic E-state index is -0.644. The first-order valence-electron chi connectivity index (χ1n) is 8.44. The predicted octanol–water partition coefficient (Wildman–Crippen LogP) is 3.28. The van der Waals surface area contributed by atoms with Gasteiger partial charge in [-0.05, 0) is 47.4 Å². The normalized spacial score (nSPS) is 10.9. The number of hydrogen-bond acceptors (Lipinski definition) is 3. The number of hydrogen-bond donors (Lipinski definition) is 3. The zero-order chi connectivity index (χ0) is 19.2. The van der Waals surface area contributed by atoms with Crippen molar-refractivity contribution in [1.29, 1.82) is 0 Å². The number of ether oxygens (including phenoxy) is 1. The summed E-state index contributed by atoms with van der Waals surface area (Å²) in [5, 5.41) is 5.23. The number of primary amides is 1. The maximum absolute atomic E-state index is 12.1. The second-order valence-corrected chi connectivity index (χ2v) is 6.95. The molecule has 6 nitrogen and oxygen atoms in total. The smallest absolute Gasteiger partial charge is 0.316 e. The Balaban J connectivity index is 1.77. The van der Waals surface area contributed by atoms with Crippen LogP contribution in [0, 0.1) is 0 Å². The molecule has 0 aliphatic carbocycles. The van der Waals surface area contributed by atoms with Gasteiger partial charge in [-0.25, -0.2) is 4.79 Å². The van der Waals surface area contributed by atoms with Gasteiger partial charge in [-0.1, -0.05) is 32.9 Å². The van der Waals surface area contributed by atoms with E-state index in [0.717, 1.165) is 5.75 Å². The third kappa shape index (κ3) is 5.81. The van der Waals surface area contributed by atoms with Crippen LogP contribution in [0.1, 0.15) is 36.7 Å². The monoisotopic (exact) mass is 355 g/mol. The van der Waals surface area contributed by atoms with Crippen molar-refractivity contribution in [3.05, 3.63) is 59.7 Å². The van der Waals surface area contributed by atoms with Gasteiger partial charge in [0, 0.05) is 11.3 Å². The van der Waals surface area contributed by atoms with E-state index in [0.29, 0.717) is 24.4 Å². The second kappa shape index (κ2) is 8.38. The van der Waals surface area contributed by atoms with Crippen molar-refractivity contribution in [2.24, 2.45) is 5.73 Å². The van der Waals surface area contributed by atoms with Crippen LogP contribution < -0.4 is 21.1 Å². The third-order valence-electron chi connectivity index (χ3n) is 3.79. The van der Waals surface area contributed by atoms with Crippen LogP contribution in [0.4, 0.5) is 10.5 Å². The molecule has 0 bridgehead atoms. The number of carbonyl (C=O) groups is 2. The van der Waals surface area contributed by atoms with E-state index in [1.807, 2.05) is 12.1 Å². The van der Waals surface area contributed by atoms with Crippen LogP contribution in [0.2, 0.25) is 0 Å². The summed E-state index contributed by atoms with van der Waals surface area (Å²) < 4.78 is 5.65.